The number of aliphatic hydroxyl groups is 1. The van der Waals surface area contributed by atoms with Crippen LogP contribution < -0.4 is 5.56 Å². The van der Waals surface area contributed by atoms with Crippen molar-refractivity contribution in [1.29, 1.82) is 0 Å². The standard InChI is InChI=1S/C20H24N2O3/c23-18-8-4-5-12-21(18)15-11-19(24)22-13-9-17(10-14-22)20(25)16-6-2-1-3-7-16/h1-8,12,17,20,25H,9-11,13-15H2. The van der Waals surface area contributed by atoms with Crippen LogP contribution in [0.1, 0.15) is 30.9 Å². The zero-order chi connectivity index (χ0) is 17.6. The third kappa shape index (κ3) is 4.37. The number of carbonyl (C=O) groups is 1. The van der Waals surface area contributed by atoms with Gasteiger partial charge < -0.3 is 14.6 Å². The highest BCUT2D eigenvalue weighted by Crippen LogP contribution is 2.30. The topological polar surface area (TPSA) is 62.5 Å². The molecule has 25 heavy (non-hydrogen) atoms. The van der Waals surface area contributed by atoms with Gasteiger partial charge in [-0.2, -0.15) is 0 Å². The lowest BCUT2D eigenvalue weighted by Gasteiger charge is -2.34. The number of aryl methyl sites for hydroxylation is 1. The highest BCUT2D eigenvalue weighted by atomic mass is 16.3. The Morgan fingerprint density at radius 3 is 2.44 bits per heavy atom. The van der Waals surface area contributed by atoms with E-state index in [4.69, 9.17) is 0 Å². The van der Waals surface area contributed by atoms with E-state index in [9.17, 15) is 14.7 Å². The quantitative estimate of drug-likeness (QED) is 0.908. The Labute approximate surface area is 147 Å². The Kier molecular flexibility index (Phi) is 5.66. The highest BCUT2D eigenvalue weighted by Gasteiger charge is 2.28. The van der Waals surface area contributed by atoms with E-state index in [2.05, 4.69) is 0 Å². The second kappa shape index (κ2) is 8.12. The molecule has 1 aliphatic heterocycles. The van der Waals surface area contributed by atoms with Gasteiger partial charge in [0, 0.05) is 38.3 Å². The van der Waals surface area contributed by atoms with E-state index in [-0.39, 0.29) is 17.4 Å². The molecule has 0 bridgehead atoms. The van der Waals surface area contributed by atoms with Crippen molar-refractivity contribution in [3.05, 3.63) is 70.6 Å². The van der Waals surface area contributed by atoms with Gasteiger partial charge >= 0.3 is 0 Å². The van der Waals surface area contributed by atoms with Gasteiger partial charge in [-0.3, -0.25) is 9.59 Å². The first kappa shape index (κ1) is 17.4. The van der Waals surface area contributed by atoms with E-state index in [0.717, 1.165) is 18.4 Å². The van der Waals surface area contributed by atoms with Gasteiger partial charge in [0.1, 0.15) is 0 Å². The second-order valence-corrected chi connectivity index (χ2v) is 6.56. The Hall–Kier alpha value is -2.40. The van der Waals surface area contributed by atoms with Crippen molar-refractivity contribution in [1.82, 2.24) is 9.47 Å². The molecule has 2 aromatic rings. The molecule has 0 spiro atoms. The van der Waals surface area contributed by atoms with Gasteiger partial charge in [-0.25, -0.2) is 0 Å². The number of piperidine rings is 1. The van der Waals surface area contributed by atoms with Crippen LogP contribution in [0.3, 0.4) is 0 Å². The first-order chi connectivity index (χ1) is 12.1. The summed E-state index contributed by atoms with van der Waals surface area (Å²) >= 11 is 0. The predicted octanol–water partition coefficient (Wildman–Crippen LogP) is 2.21. The number of aliphatic hydroxyl groups excluding tert-OH is 1. The second-order valence-electron chi connectivity index (χ2n) is 6.56. The predicted molar refractivity (Wildman–Crippen MR) is 96.0 cm³/mol. The molecular formula is C20H24N2O3. The summed E-state index contributed by atoms with van der Waals surface area (Å²) in [6.07, 6.45) is 3.16. The van der Waals surface area contributed by atoms with E-state index in [0.29, 0.717) is 26.1 Å². The zero-order valence-electron chi connectivity index (χ0n) is 14.3. The van der Waals surface area contributed by atoms with Crippen molar-refractivity contribution in [2.24, 2.45) is 5.92 Å². The molecule has 1 fully saturated rings. The number of carbonyl (C=O) groups excluding carboxylic acids is 1. The number of rotatable bonds is 5. The molecule has 1 saturated heterocycles. The van der Waals surface area contributed by atoms with E-state index in [1.165, 1.54) is 6.07 Å². The smallest absolute Gasteiger partial charge is 0.250 e. The maximum Gasteiger partial charge on any atom is 0.250 e. The first-order valence-electron chi connectivity index (χ1n) is 8.81. The van der Waals surface area contributed by atoms with Crippen LogP contribution in [-0.4, -0.2) is 33.6 Å². The number of aromatic nitrogens is 1. The van der Waals surface area contributed by atoms with Crippen molar-refractivity contribution >= 4 is 5.91 Å². The molecule has 1 atom stereocenters. The summed E-state index contributed by atoms with van der Waals surface area (Å²) in [4.78, 5) is 25.9. The minimum atomic E-state index is -0.471. The van der Waals surface area contributed by atoms with Gasteiger partial charge in [0.05, 0.1) is 6.10 Å². The van der Waals surface area contributed by atoms with Crippen LogP contribution >= 0.6 is 0 Å². The molecule has 5 heteroatoms. The number of hydrogen-bond acceptors (Lipinski definition) is 3. The third-order valence-electron chi connectivity index (χ3n) is 4.95. The average molecular weight is 340 g/mol. The minimum absolute atomic E-state index is 0.0726. The Balaban J connectivity index is 1.49. The Bertz CT molecular complexity index is 749. The Morgan fingerprint density at radius 1 is 1.08 bits per heavy atom. The number of likely N-dealkylation sites (tertiary alicyclic amines) is 1. The fourth-order valence-electron chi connectivity index (χ4n) is 3.41. The zero-order valence-corrected chi connectivity index (χ0v) is 14.3. The normalized spacial score (nSPS) is 16.6. The van der Waals surface area contributed by atoms with Crippen LogP contribution in [0.2, 0.25) is 0 Å². The molecule has 5 nitrogen and oxygen atoms in total. The number of nitrogens with zero attached hydrogens (tertiary/aromatic N) is 2. The molecular weight excluding hydrogens is 316 g/mol. The highest BCUT2D eigenvalue weighted by molar-refractivity contribution is 5.76. The summed E-state index contributed by atoms with van der Waals surface area (Å²) in [5, 5.41) is 10.5. The summed E-state index contributed by atoms with van der Waals surface area (Å²) in [7, 11) is 0. The minimum Gasteiger partial charge on any atom is -0.388 e. The lowest BCUT2D eigenvalue weighted by Crippen LogP contribution is -2.40. The van der Waals surface area contributed by atoms with E-state index < -0.39 is 6.10 Å². The first-order valence-corrected chi connectivity index (χ1v) is 8.81. The van der Waals surface area contributed by atoms with E-state index >= 15 is 0 Å². The maximum absolute atomic E-state index is 12.4. The van der Waals surface area contributed by atoms with Gasteiger partial charge in [0.25, 0.3) is 5.56 Å². The Morgan fingerprint density at radius 2 is 1.76 bits per heavy atom. The largest absolute Gasteiger partial charge is 0.388 e. The lowest BCUT2D eigenvalue weighted by molar-refractivity contribution is -0.133. The van der Waals surface area contributed by atoms with Crippen molar-refractivity contribution < 1.29 is 9.90 Å². The van der Waals surface area contributed by atoms with Gasteiger partial charge in [-0.15, -0.1) is 0 Å². The molecule has 2 heterocycles. The van der Waals surface area contributed by atoms with Crippen LogP contribution in [0.4, 0.5) is 0 Å². The summed E-state index contributed by atoms with van der Waals surface area (Å²) in [5.41, 5.74) is 0.857. The molecule has 0 saturated carbocycles. The van der Waals surface area contributed by atoms with Crippen molar-refractivity contribution in [3.8, 4) is 0 Å². The van der Waals surface area contributed by atoms with E-state index in [1.54, 1.807) is 22.9 Å². The van der Waals surface area contributed by atoms with Gasteiger partial charge in [-0.1, -0.05) is 36.4 Å². The number of pyridine rings is 1. The van der Waals surface area contributed by atoms with E-state index in [1.807, 2.05) is 35.2 Å². The lowest BCUT2D eigenvalue weighted by atomic mass is 9.87. The van der Waals surface area contributed by atoms with Crippen molar-refractivity contribution in [3.63, 3.8) is 0 Å². The maximum atomic E-state index is 12.4. The number of hydrogen-bond donors (Lipinski definition) is 1. The van der Waals surface area contributed by atoms with Crippen LogP contribution in [0.15, 0.2) is 59.5 Å². The summed E-state index contributed by atoms with van der Waals surface area (Å²) in [5.74, 6) is 0.256. The van der Waals surface area contributed by atoms with Crippen molar-refractivity contribution in [2.75, 3.05) is 13.1 Å². The summed E-state index contributed by atoms with van der Waals surface area (Å²) in [6, 6.07) is 14.7. The fraction of sp³-hybridized carbons (Fsp3) is 0.400. The molecule has 0 aliphatic carbocycles. The van der Waals surface area contributed by atoms with Crippen LogP contribution in [-0.2, 0) is 11.3 Å². The van der Waals surface area contributed by atoms with Crippen molar-refractivity contribution in [2.45, 2.75) is 31.9 Å². The van der Waals surface area contributed by atoms with Crippen LogP contribution in [0.25, 0.3) is 0 Å². The van der Waals surface area contributed by atoms with Gasteiger partial charge in [-0.05, 0) is 30.4 Å². The third-order valence-corrected chi connectivity index (χ3v) is 4.95. The van der Waals surface area contributed by atoms with Gasteiger partial charge in [0.2, 0.25) is 5.91 Å². The molecule has 0 radical (unpaired) electrons. The molecule has 1 aromatic carbocycles. The monoisotopic (exact) mass is 340 g/mol. The average Bonchev–Trinajstić information content (AvgIpc) is 2.67. The molecule has 3 rings (SSSR count). The summed E-state index contributed by atoms with van der Waals surface area (Å²) in [6.45, 7) is 1.74. The SMILES string of the molecule is O=C(CCn1ccccc1=O)N1CCC(C(O)c2ccccc2)CC1. The number of amides is 1. The molecule has 1 N–H and O–H groups in total. The molecule has 1 aromatic heterocycles. The molecule has 132 valence electrons. The number of benzene rings is 1. The van der Waals surface area contributed by atoms with Crippen LogP contribution in [0.5, 0.6) is 0 Å². The summed E-state index contributed by atoms with van der Waals surface area (Å²) < 4.78 is 1.56. The fourth-order valence-corrected chi connectivity index (χ4v) is 3.41. The molecule has 1 amide bonds. The van der Waals surface area contributed by atoms with Gasteiger partial charge in [0.15, 0.2) is 0 Å². The van der Waals surface area contributed by atoms with Crippen LogP contribution in [0, 0.1) is 5.92 Å². The molecule has 1 unspecified atom stereocenters. The molecule has 1 aliphatic rings.